The van der Waals surface area contributed by atoms with Crippen LogP contribution in [-0.4, -0.2) is 48.9 Å². The number of aromatic hydroxyl groups is 1. The lowest BCUT2D eigenvalue weighted by molar-refractivity contribution is 0.0788. The van der Waals surface area contributed by atoms with E-state index in [-0.39, 0.29) is 11.7 Å². The van der Waals surface area contributed by atoms with E-state index in [0.717, 1.165) is 61.1 Å². The Morgan fingerprint density at radius 3 is 2.43 bits per heavy atom. The molecule has 0 spiro atoms. The van der Waals surface area contributed by atoms with E-state index in [1.54, 1.807) is 28.9 Å². The van der Waals surface area contributed by atoms with Crippen LogP contribution in [0.2, 0.25) is 0 Å². The van der Waals surface area contributed by atoms with Crippen LogP contribution >= 0.6 is 0 Å². The molecule has 1 saturated carbocycles. The number of fused-ring (bicyclic) bond motifs is 1. The molecule has 1 N–H and O–H groups in total. The van der Waals surface area contributed by atoms with Crippen LogP contribution in [0.5, 0.6) is 5.75 Å². The zero-order chi connectivity index (χ0) is 24.2. The van der Waals surface area contributed by atoms with Crippen molar-refractivity contribution in [2.75, 3.05) is 13.1 Å². The maximum Gasteiger partial charge on any atom is 0.274 e. The molecule has 1 saturated heterocycles. The molecule has 3 heterocycles. The Kier molecular flexibility index (Phi) is 6.79. The molecule has 182 valence electrons. The van der Waals surface area contributed by atoms with Crippen molar-refractivity contribution in [3.05, 3.63) is 60.1 Å². The minimum absolute atomic E-state index is 0.0688. The number of aromatic nitrogens is 4. The van der Waals surface area contributed by atoms with E-state index in [2.05, 4.69) is 15.2 Å². The van der Waals surface area contributed by atoms with Gasteiger partial charge in [-0.2, -0.15) is 10.1 Å². The van der Waals surface area contributed by atoms with Crippen molar-refractivity contribution < 1.29 is 14.4 Å². The number of phenolic OH excluding ortho intramolecular Hbond substituents is 1. The van der Waals surface area contributed by atoms with E-state index >= 15 is 0 Å². The summed E-state index contributed by atoms with van der Waals surface area (Å²) in [5.74, 6) is 2.11. The predicted molar refractivity (Wildman–Crippen MR) is 133 cm³/mol. The van der Waals surface area contributed by atoms with Crippen molar-refractivity contribution in [2.45, 2.75) is 50.9 Å². The Bertz CT molecular complexity index is 1280. The summed E-state index contributed by atoms with van der Waals surface area (Å²) < 4.78 is 7.14. The molecule has 4 aromatic rings. The highest BCUT2D eigenvalue weighted by Crippen LogP contribution is 2.32. The molecule has 0 atom stereocenters. The van der Waals surface area contributed by atoms with Gasteiger partial charge in [0.2, 0.25) is 11.7 Å². The molecule has 1 aliphatic carbocycles. The molecule has 0 bridgehead atoms. The van der Waals surface area contributed by atoms with Gasteiger partial charge < -0.3 is 14.5 Å². The number of likely N-dealkylation sites (tertiary alicyclic amines) is 1. The summed E-state index contributed by atoms with van der Waals surface area (Å²) in [6.07, 6.45) is 8.33. The lowest BCUT2D eigenvalue weighted by atomic mass is 9.89. The van der Waals surface area contributed by atoms with Crippen molar-refractivity contribution >= 4 is 16.8 Å². The number of benzene rings is 2. The molecule has 8 nitrogen and oxygen atoms in total. The molecule has 2 fully saturated rings. The summed E-state index contributed by atoms with van der Waals surface area (Å²) in [6.45, 7) is 1.73. The van der Waals surface area contributed by atoms with Crippen molar-refractivity contribution in [3.8, 4) is 17.1 Å². The topological polar surface area (TPSA) is 97.3 Å². The SMILES string of the molecule is Cn1nc(C(=O)N2CCCC2)c2ccccc21.Oc1ccc(-c2noc(C3CCCCC3)n2)cc1. The Balaban J connectivity index is 0.000000145. The van der Waals surface area contributed by atoms with Gasteiger partial charge in [0.05, 0.1) is 5.52 Å². The normalized spacial score (nSPS) is 16.3. The van der Waals surface area contributed by atoms with Crippen LogP contribution in [0.15, 0.2) is 53.1 Å². The zero-order valence-corrected chi connectivity index (χ0v) is 20.1. The van der Waals surface area contributed by atoms with Crippen LogP contribution in [0.1, 0.15) is 67.2 Å². The highest BCUT2D eigenvalue weighted by molar-refractivity contribution is 6.04. The molecule has 6 rings (SSSR count). The molecule has 1 aliphatic heterocycles. The van der Waals surface area contributed by atoms with Crippen molar-refractivity contribution in [3.63, 3.8) is 0 Å². The van der Waals surface area contributed by atoms with Crippen LogP contribution < -0.4 is 0 Å². The first-order valence-electron chi connectivity index (χ1n) is 12.4. The molecular weight excluding hydrogens is 442 g/mol. The Morgan fingerprint density at radius 1 is 0.971 bits per heavy atom. The Labute approximate surface area is 204 Å². The number of hydrogen-bond donors (Lipinski definition) is 1. The van der Waals surface area contributed by atoms with Gasteiger partial charge in [0, 0.05) is 37.0 Å². The van der Waals surface area contributed by atoms with Gasteiger partial charge in [-0.25, -0.2) is 0 Å². The van der Waals surface area contributed by atoms with Gasteiger partial charge in [0.15, 0.2) is 5.69 Å². The number of hydrogen-bond acceptors (Lipinski definition) is 6. The fourth-order valence-corrected chi connectivity index (χ4v) is 4.92. The second-order valence-electron chi connectivity index (χ2n) is 9.33. The molecule has 2 aromatic carbocycles. The van der Waals surface area contributed by atoms with E-state index in [1.807, 2.05) is 36.2 Å². The number of rotatable bonds is 3. The van der Waals surface area contributed by atoms with Gasteiger partial charge in [-0.15, -0.1) is 0 Å². The summed E-state index contributed by atoms with van der Waals surface area (Å²) in [4.78, 5) is 18.7. The van der Waals surface area contributed by atoms with Gasteiger partial charge in [-0.1, -0.05) is 42.6 Å². The van der Waals surface area contributed by atoms with Crippen LogP contribution in [0, 0.1) is 0 Å². The van der Waals surface area contributed by atoms with Gasteiger partial charge in [0.25, 0.3) is 5.91 Å². The molecule has 0 unspecified atom stereocenters. The van der Waals surface area contributed by atoms with Gasteiger partial charge in [-0.05, 0) is 56.0 Å². The van der Waals surface area contributed by atoms with Gasteiger partial charge in [-0.3, -0.25) is 9.48 Å². The number of phenols is 1. The van der Waals surface area contributed by atoms with Crippen LogP contribution in [0.3, 0.4) is 0 Å². The highest BCUT2D eigenvalue weighted by atomic mass is 16.5. The van der Waals surface area contributed by atoms with E-state index in [0.29, 0.717) is 17.4 Å². The Morgan fingerprint density at radius 2 is 1.69 bits per heavy atom. The third kappa shape index (κ3) is 5.06. The molecule has 2 aliphatic rings. The first-order valence-corrected chi connectivity index (χ1v) is 12.4. The largest absolute Gasteiger partial charge is 0.508 e. The lowest BCUT2D eigenvalue weighted by Crippen LogP contribution is -2.28. The smallest absolute Gasteiger partial charge is 0.274 e. The van der Waals surface area contributed by atoms with Gasteiger partial charge in [0.1, 0.15) is 5.75 Å². The van der Waals surface area contributed by atoms with E-state index < -0.39 is 0 Å². The fraction of sp³-hybridized carbons (Fsp3) is 0.407. The maximum absolute atomic E-state index is 12.3. The maximum atomic E-state index is 12.3. The molecule has 1 amide bonds. The summed E-state index contributed by atoms with van der Waals surface area (Å²) >= 11 is 0. The van der Waals surface area contributed by atoms with Crippen molar-refractivity contribution in [1.82, 2.24) is 24.8 Å². The molecule has 0 radical (unpaired) electrons. The van der Waals surface area contributed by atoms with E-state index in [4.69, 9.17) is 4.52 Å². The van der Waals surface area contributed by atoms with Crippen molar-refractivity contribution in [2.24, 2.45) is 7.05 Å². The first kappa shape index (κ1) is 23.1. The number of nitrogens with zero attached hydrogens (tertiary/aromatic N) is 5. The number of para-hydroxylation sites is 1. The van der Waals surface area contributed by atoms with Crippen molar-refractivity contribution in [1.29, 1.82) is 0 Å². The predicted octanol–water partition coefficient (Wildman–Crippen LogP) is 5.30. The second-order valence-corrected chi connectivity index (χ2v) is 9.33. The summed E-state index contributed by atoms with van der Waals surface area (Å²) in [5.41, 5.74) is 2.47. The minimum Gasteiger partial charge on any atom is -0.508 e. The number of amides is 1. The molecule has 35 heavy (non-hydrogen) atoms. The summed E-state index contributed by atoms with van der Waals surface area (Å²) in [6, 6.07) is 14.7. The zero-order valence-electron chi connectivity index (χ0n) is 20.1. The van der Waals surface area contributed by atoms with Crippen LogP contribution in [-0.2, 0) is 7.05 Å². The third-order valence-corrected chi connectivity index (χ3v) is 6.88. The quantitative estimate of drug-likeness (QED) is 0.434. The van der Waals surface area contributed by atoms with Crippen LogP contribution in [0.25, 0.3) is 22.3 Å². The Hall–Kier alpha value is -3.68. The standard InChI is InChI=1S/C14H16N2O2.C13H15N3O/c17-12-8-6-10(7-9-12)13-15-14(18-16-13)11-4-2-1-3-5-11;1-15-11-7-3-2-6-10(11)12(14-15)13(17)16-8-4-5-9-16/h6-9,11,17H,1-5H2;2-3,6-7H,4-5,8-9H2,1H3. The monoisotopic (exact) mass is 473 g/mol. The first-order chi connectivity index (χ1) is 17.1. The number of aryl methyl sites for hydroxylation is 1. The lowest BCUT2D eigenvalue weighted by Gasteiger charge is -2.17. The van der Waals surface area contributed by atoms with Crippen LogP contribution in [0.4, 0.5) is 0 Å². The highest BCUT2D eigenvalue weighted by Gasteiger charge is 2.24. The van der Waals surface area contributed by atoms with Gasteiger partial charge >= 0.3 is 0 Å². The summed E-state index contributed by atoms with van der Waals surface area (Å²) in [5, 5.41) is 18.6. The molecule has 2 aromatic heterocycles. The molecule has 8 heteroatoms. The third-order valence-electron chi connectivity index (χ3n) is 6.88. The molecular formula is C27H31N5O3. The minimum atomic E-state index is 0.0688. The summed E-state index contributed by atoms with van der Waals surface area (Å²) in [7, 11) is 1.88. The fourth-order valence-electron chi connectivity index (χ4n) is 4.92. The van der Waals surface area contributed by atoms with E-state index in [1.165, 1.54) is 19.3 Å². The number of carbonyl (C=O) groups is 1. The second kappa shape index (κ2) is 10.3. The average Bonchev–Trinajstić information content (AvgIpc) is 3.66. The average molecular weight is 474 g/mol. The van der Waals surface area contributed by atoms with E-state index in [9.17, 15) is 9.90 Å². The number of carbonyl (C=O) groups excluding carboxylic acids is 1.